The topological polar surface area (TPSA) is 64.3 Å². The molecule has 1 aromatic rings. The van der Waals surface area contributed by atoms with Gasteiger partial charge in [-0.25, -0.2) is 4.39 Å². The van der Waals surface area contributed by atoms with Gasteiger partial charge in [0.2, 0.25) is 5.91 Å². The zero-order chi connectivity index (χ0) is 16.8. The van der Waals surface area contributed by atoms with E-state index in [9.17, 15) is 28.6 Å². The van der Waals surface area contributed by atoms with Crippen LogP contribution < -0.4 is 11.1 Å². The van der Waals surface area contributed by atoms with Crippen LogP contribution in [0.1, 0.15) is 0 Å². The van der Waals surface area contributed by atoms with Crippen molar-refractivity contribution in [1.29, 1.82) is 0 Å². The maximum absolute atomic E-state index is 13.1. The van der Waals surface area contributed by atoms with E-state index in [1.165, 1.54) is 0 Å². The van der Waals surface area contributed by atoms with Crippen molar-refractivity contribution in [2.24, 2.45) is 11.7 Å². The molecule has 2 rings (SSSR count). The Bertz CT molecular complexity index is 621. The van der Waals surface area contributed by atoms with E-state index in [2.05, 4.69) is 0 Å². The second kappa shape index (κ2) is 4.52. The summed E-state index contributed by atoms with van der Waals surface area (Å²) in [6.45, 7) is 0.0564. The minimum atomic E-state index is -10.2. The lowest BCUT2D eigenvalue weighted by molar-refractivity contribution is -0.120. The highest BCUT2D eigenvalue weighted by Gasteiger charge is 2.67. The third-order valence-electron chi connectivity index (χ3n) is 3.08. The third kappa shape index (κ3) is 3.65. The molecule has 1 aromatic carbocycles. The Kier molecular flexibility index (Phi) is 3.47. The smallest absolute Gasteiger partial charge is 0.313 e. The van der Waals surface area contributed by atoms with Crippen LogP contribution in [0.5, 0.6) is 0 Å². The number of hydrogen-bond donors (Lipinski definition) is 2. The lowest BCUT2D eigenvalue weighted by atomic mass is 10.0. The van der Waals surface area contributed by atoms with Crippen molar-refractivity contribution in [1.82, 2.24) is 0 Å². The second-order valence-electron chi connectivity index (χ2n) is 4.91. The molecule has 0 aliphatic carbocycles. The molecule has 0 aromatic heterocycles. The molecule has 1 aliphatic heterocycles. The van der Waals surface area contributed by atoms with E-state index < -0.39 is 44.5 Å². The first-order valence-electron chi connectivity index (χ1n) is 5.96. The summed E-state index contributed by atoms with van der Waals surface area (Å²) in [4.78, 5) is 9.13. The van der Waals surface area contributed by atoms with Crippen LogP contribution in [0.4, 0.5) is 29.5 Å². The summed E-state index contributed by atoms with van der Waals surface area (Å²) in [7, 11) is -10.2. The third-order valence-corrected chi connectivity index (χ3v) is 4.22. The van der Waals surface area contributed by atoms with Crippen LogP contribution in [0, 0.1) is 11.7 Å². The lowest BCUT2D eigenvalue weighted by Crippen LogP contribution is -2.37. The Balaban J connectivity index is 2.30. The average molecular weight is 350 g/mol. The fourth-order valence-electron chi connectivity index (χ4n) is 1.95. The van der Waals surface area contributed by atoms with Crippen molar-refractivity contribution in [3.8, 4) is 0 Å². The van der Waals surface area contributed by atoms with Crippen LogP contribution in [0.25, 0.3) is 0 Å². The van der Waals surface area contributed by atoms with E-state index in [4.69, 9.17) is 10.5 Å². The average Bonchev–Trinajstić information content (AvgIpc) is 2.75. The monoisotopic (exact) mass is 350 g/mol. The minimum absolute atomic E-state index is 0.0391. The zero-order valence-electron chi connectivity index (χ0n) is 10.9. The zero-order valence-corrected chi connectivity index (χ0v) is 11.7. The Labute approximate surface area is 121 Å². The number of hydrogen-bond acceptors (Lipinski definition) is 3. The van der Waals surface area contributed by atoms with Crippen molar-refractivity contribution in [3.63, 3.8) is 0 Å². The number of benzene rings is 1. The highest BCUT2D eigenvalue weighted by Crippen LogP contribution is 3.02. The Morgan fingerprint density at radius 3 is 2.36 bits per heavy atom. The number of anilines is 1. The molecule has 0 saturated carbocycles. The summed E-state index contributed by atoms with van der Waals surface area (Å²) in [5, 5.41) is 2.01. The number of nitrogens with two attached hydrogens (primary N) is 1. The van der Waals surface area contributed by atoms with Gasteiger partial charge in [-0.05, 0) is 18.2 Å². The number of rotatable bonds is 3. The Morgan fingerprint density at radius 1 is 1.23 bits per heavy atom. The number of amides is 1. The number of carbonyl (C=O) groups is 1. The van der Waals surface area contributed by atoms with Gasteiger partial charge in [0.15, 0.2) is 0 Å². The van der Waals surface area contributed by atoms with Crippen LogP contribution in [0.2, 0.25) is 0 Å². The summed E-state index contributed by atoms with van der Waals surface area (Å²) in [5.41, 5.74) is 4.96. The van der Waals surface area contributed by atoms with Crippen LogP contribution in [0.3, 0.4) is 0 Å². The first-order chi connectivity index (χ1) is 9.77. The second-order valence-corrected chi connectivity index (χ2v) is 7.29. The van der Waals surface area contributed by atoms with Crippen molar-refractivity contribution in [3.05, 3.63) is 24.0 Å². The van der Waals surface area contributed by atoms with Gasteiger partial charge < -0.3 is 15.8 Å². The molecule has 0 radical (unpaired) electrons. The molecule has 0 bridgehead atoms. The normalized spacial score (nSPS) is 25.4. The van der Waals surface area contributed by atoms with E-state index in [-0.39, 0.29) is 25.3 Å². The maximum atomic E-state index is 13.1. The van der Waals surface area contributed by atoms with Gasteiger partial charge in [0.1, 0.15) is 10.7 Å². The predicted octanol–water partition coefficient (Wildman–Crippen LogP) is 3.40. The number of ether oxygens (including phenoxy) is 1. The van der Waals surface area contributed by atoms with Gasteiger partial charge in [0, 0.05) is 11.7 Å². The van der Waals surface area contributed by atoms with Gasteiger partial charge in [-0.3, -0.25) is 4.79 Å². The highest BCUT2D eigenvalue weighted by molar-refractivity contribution is 8.45. The molecular weight excluding hydrogens is 338 g/mol. The molecule has 4 nitrogen and oxygen atoms in total. The van der Waals surface area contributed by atoms with Crippen LogP contribution >= 0.6 is 10.2 Å². The van der Waals surface area contributed by atoms with E-state index in [0.717, 1.165) is 6.07 Å². The van der Waals surface area contributed by atoms with E-state index in [1.54, 1.807) is 0 Å². The number of nitrogens with one attached hydrogen (secondary N) is 1. The SMILES string of the molecule is N[C@@H]1COC[C@@H]1C(=O)Nc1ccc(F)c(S(F)(F)(F)(F)F)c1. The molecule has 126 valence electrons. The predicted molar refractivity (Wildman–Crippen MR) is 68.7 cm³/mol. The van der Waals surface area contributed by atoms with E-state index in [1.807, 2.05) is 5.32 Å². The number of halogens is 6. The fourth-order valence-corrected chi connectivity index (χ4v) is 2.74. The molecule has 2 atom stereocenters. The first-order valence-corrected chi connectivity index (χ1v) is 7.91. The summed E-state index contributed by atoms with van der Waals surface area (Å²) in [5.74, 6) is -3.73. The summed E-state index contributed by atoms with van der Waals surface area (Å²) < 4.78 is 81.5. The quantitative estimate of drug-likeness (QED) is 0.822. The van der Waals surface area contributed by atoms with Gasteiger partial charge in [0.25, 0.3) is 0 Å². The largest absolute Gasteiger partial charge is 0.379 e. The molecule has 0 spiro atoms. The van der Waals surface area contributed by atoms with E-state index >= 15 is 0 Å². The summed E-state index contributed by atoms with van der Waals surface area (Å²) in [6, 6.07) is 0.182. The van der Waals surface area contributed by atoms with Gasteiger partial charge in [-0.2, -0.15) is 0 Å². The number of carbonyl (C=O) groups excluding carboxylic acids is 1. The van der Waals surface area contributed by atoms with Crippen LogP contribution in [-0.2, 0) is 9.53 Å². The van der Waals surface area contributed by atoms with Crippen molar-refractivity contribution < 1.29 is 33.4 Å². The molecule has 1 amide bonds. The molecule has 11 heteroatoms. The first kappa shape index (κ1) is 16.9. The summed E-state index contributed by atoms with van der Waals surface area (Å²) in [6.07, 6.45) is 0. The molecule has 1 aliphatic rings. The Hall–Kier alpha value is -1.46. The van der Waals surface area contributed by atoms with Gasteiger partial charge >= 0.3 is 10.2 Å². The van der Waals surface area contributed by atoms with Crippen LogP contribution in [-0.4, -0.2) is 25.2 Å². The maximum Gasteiger partial charge on any atom is 0.313 e. The molecule has 1 heterocycles. The van der Waals surface area contributed by atoms with Crippen LogP contribution in [0.15, 0.2) is 23.1 Å². The van der Waals surface area contributed by atoms with Crippen molar-refractivity contribution in [2.75, 3.05) is 18.5 Å². The molecular formula is C11H12F6N2O2S. The summed E-state index contributed by atoms with van der Waals surface area (Å²) >= 11 is 0. The van der Waals surface area contributed by atoms with Gasteiger partial charge in [0.05, 0.1) is 19.1 Å². The Morgan fingerprint density at radius 2 is 1.86 bits per heavy atom. The highest BCUT2D eigenvalue weighted by atomic mass is 32.5. The van der Waals surface area contributed by atoms with Gasteiger partial charge in [-0.15, -0.1) is 0 Å². The minimum Gasteiger partial charge on any atom is -0.379 e. The van der Waals surface area contributed by atoms with Gasteiger partial charge in [-0.1, -0.05) is 19.4 Å². The standard InChI is InChI=1S/C11H12F6N2O2S/c12-8-2-1-6(3-10(8)22(13,14,15,16)17)19-11(20)7-4-21-5-9(7)18/h1-3,7,9H,4-5,18H2,(H,19,20)/t7-,9+/m0/s1. The fraction of sp³-hybridized carbons (Fsp3) is 0.364. The van der Waals surface area contributed by atoms with Crippen molar-refractivity contribution in [2.45, 2.75) is 10.9 Å². The van der Waals surface area contributed by atoms with Crippen molar-refractivity contribution >= 4 is 21.8 Å². The van der Waals surface area contributed by atoms with E-state index in [0.29, 0.717) is 0 Å². The molecule has 0 unspecified atom stereocenters. The molecule has 1 saturated heterocycles. The molecule has 3 N–H and O–H groups in total. The lowest BCUT2D eigenvalue weighted by Gasteiger charge is -2.40. The molecule has 22 heavy (non-hydrogen) atoms. The molecule has 1 fully saturated rings.